The van der Waals surface area contributed by atoms with Gasteiger partial charge in [0.2, 0.25) is 5.91 Å². The normalized spacial score (nSPS) is 25.9. The Kier molecular flexibility index (Phi) is 3.31. The van der Waals surface area contributed by atoms with Crippen LogP contribution in [0.1, 0.15) is 33.1 Å². The molecule has 3 nitrogen and oxygen atoms in total. The van der Waals surface area contributed by atoms with Gasteiger partial charge in [0, 0.05) is 12.5 Å². The molecule has 1 fully saturated rings. The Labute approximate surface area is 79.5 Å². The van der Waals surface area contributed by atoms with Gasteiger partial charge in [0.25, 0.3) is 0 Å². The number of carbonyl (C=O) groups excluding carboxylic acids is 1. The van der Waals surface area contributed by atoms with Crippen molar-refractivity contribution in [1.29, 1.82) is 0 Å². The van der Waals surface area contributed by atoms with Crippen molar-refractivity contribution in [2.24, 2.45) is 11.3 Å². The summed E-state index contributed by atoms with van der Waals surface area (Å²) in [6.07, 6.45) is 3.26. The molecule has 1 amide bonds. The molecule has 13 heavy (non-hydrogen) atoms. The molecule has 3 heteroatoms. The maximum Gasteiger partial charge on any atom is 0.223 e. The Morgan fingerprint density at radius 2 is 2.31 bits per heavy atom. The third-order valence-corrected chi connectivity index (χ3v) is 2.98. The number of aliphatic hydroxyl groups is 1. The van der Waals surface area contributed by atoms with E-state index < -0.39 is 0 Å². The molecule has 76 valence electrons. The van der Waals surface area contributed by atoms with Gasteiger partial charge in [-0.05, 0) is 18.3 Å². The van der Waals surface area contributed by atoms with E-state index >= 15 is 0 Å². The molecule has 0 spiro atoms. The van der Waals surface area contributed by atoms with Crippen LogP contribution in [-0.4, -0.2) is 24.2 Å². The van der Waals surface area contributed by atoms with Crippen molar-refractivity contribution < 1.29 is 9.90 Å². The molecule has 1 aliphatic rings. The lowest BCUT2D eigenvalue weighted by molar-refractivity contribution is -0.127. The van der Waals surface area contributed by atoms with E-state index in [9.17, 15) is 4.79 Å². The van der Waals surface area contributed by atoms with Gasteiger partial charge in [-0.3, -0.25) is 4.79 Å². The number of rotatable bonds is 3. The predicted octanol–water partition coefficient (Wildman–Crippen LogP) is 0.921. The zero-order chi connectivity index (χ0) is 9.90. The average Bonchev–Trinajstić information content (AvgIpc) is 2.41. The van der Waals surface area contributed by atoms with E-state index in [1.807, 2.05) is 0 Å². The van der Waals surface area contributed by atoms with Crippen molar-refractivity contribution in [2.75, 3.05) is 13.2 Å². The summed E-state index contributed by atoms with van der Waals surface area (Å²) >= 11 is 0. The van der Waals surface area contributed by atoms with Crippen LogP contribution in [0.15, 0.2) is 0 Å². The average molecular weight is 185 g/mol. The van der Waals surface area contributed by atoms with Crippen LogP contribution in [0.5, 0.6) is 0 Å². The van der Waals surface area contributed by atoms with Crippen molar-refractivity contribution in [3.8, 4) is 0 Å². The molecule has 0 aromatic carbocycles. The van der Waals surface area contributed by atoms with Crippen molar-refractivity contribution in [3.05, 3.63) is 0 Å². The van der Waals surface area contributed by atoms with Gasteiger partial charge in [0.15, 0.2) is 0 Å². The molecule has 0 bridgehead atoms. The van der Waals surface area contributed by atoms with Crippen LogP contribution in [0, 0.1) is 11.3 Å². The van der Waals surface area contributed by atoms with E-state index in [2.05, 4.69) is 19.2 Å². The fourth-order valence-electron chi connectivity index (χ4n) is 2.12. The molecule has 0 aromatic rings. The van der Waals surface area contributed by atoms with E-state index in [0.717, 1.165) is 19.3 Å². The standard InChI is InChI=1S/C10H19NO2/c1-10(2)5-3-4-8(10)9(13)11-6-7-12/h8,12H,3-7H2,1-2H3,(H,11,13). The minimum atomic E-state index is 0.0267. The molecule has 1 aliphatic carbocycles. The van der Waals surface area contributed by atoms with Gasteiger partial charge in [-0.1, -0.05) is 20.3 Å². The van der Waals surface area contributed by atoms with Gasteiger partial charge in [-0.15, -0.1) is 0 Å². The van der Waals surface area contributed by atoms with E-state index in [1.165, 1.54) is 0 Å². The zero-order valence-corrected chi connectivity index (χ0v) is 8.47. The van der Waals surface area contributed by atoms with Crippen LogP contribution in [0.2, 0.25) is 0 Å². The highest BCUT2D eigenvalue weighted by Gasteiger charge is 2.38. The predicted molar refractivity (Wildman–Crippen MR) is 51.2 cm³/mol. The maximum atomic E-state index is 11.6. The van der Waals surface area contributed by atoms with Gasteiger partial charge in [-0.25, -0.2) is 0 Å². The molecule has 0 heterocycles. The van der Waals surface area contributed by atoms with E-state index in [4.69, 9.17) is 5.11 Å². The zero-order valence-electron chi connectivity index (χ0n) is 8.47. The number of carbonyl (C=O) groups is 1. The molecule has 0 aromatic heterocycles. The number of aliphatic hydroxyl groups excluding tert-OH is 1. The first-order valence-corrected chi connectivity index (χ1v) is 4.96. The minimum absolute atomic E-state index is 0.0267. The summed E-state index contributed by atoms with van der Waals surface area (Å²) in [5.74, 6) is 0.246. The number of amides is 1. The van der Waals surface area contributed by atoms with Crippen LogP contribution in [0.25, 0.3) is 0 Å². The largest absolute Gasteiger partial charge is 0.395 e. The molecule has 1 saturated carbocycles. The fraction of sp³-hybridized carbons (Fsp3) is 0.900. The Morgan fingerprint density at radius 1 is 1.62 bits per heavy atom. The second kappa shape index (κ2) is 4.09. The van der Waals surface area contributed by atoms with E-state index in [1.54, 1.807) is 0 Å². The molecule has 0 radical (unpaired) electrons. The quantitative estimate of drug-likeness (QED) is 0.687. The van der Waals surface area contributed by atoms with Crippen molar-refractivity contribution in [1.82, 2.24) is 5.32 Å². The van der Waals surface area contributed by atoms with Crippen LogP contribution < -0.4 is 5.32 Å². The molecule has 1 atom stereocenters. The summed E-state index contributed by atoms with van der Waals surface area (Å²) in [5, 5.41) is 11.3. The molecule has 2 N–H and O–H groups in total. The summed E-state index contributed by atoms with van der Waals surface area (Å²) in [6.45, 7) is 4.69. The van der Waals surface area contributed by atoms with Gasteiger partial charge < -0.3 is 10.4 Å². The maximum absolute atomic E-state index is 11.6. The fourth-order valence-corrected chi connectivity index (χ4v) is 2.12. The first-order valence-electron chi connectivity index (χ1n) is 4.96. The molecular weight excluding hydrogens is 166 g/mol. The van der Waals surface area contributed by atoms with Crippen LogP contribution >= 0.6 is 0 Å². The Morgan fingerprint density at radius 3 is 2.77 bits per heavy atom. The van der Waals surface area contributed by atoms with Crippen LogP contribution in [0.4, 0.5) is 0 Å². The highest BCUT2D eigenvalue weighted by molar-refractivity contribution is 5.79. The lowest BCUT2D eigenvalue weighted by atomic mass is 9.81. The van der Waals surface area contributed by atoms with Gasteiger partial charge >= 0.3 is 0 Å². The third kappa shape index (κ3) is 2.44. The van der Waals surface area contributed by atoms with Crippen molar-refractivity contribution in [2.45, 2.75) is 33.1 Å². The third-order valence-electron chi connectivity index (χ3n) is 2.98. The number of hydrogen-bond donors (Lipinski definition) is 2. The summed E-state index contributed by atoms with van der Waals surface area (Å²) in [7, 11) is 0. The van der Waals surface area contributed by atoms with Gasteiger partial charge in [0.1, 0.15) is 0 Å². The molecule has 0 aliphatic heterocycles. The summed E-state index contributed by atoms with van der Waals surface area (Å²) in [4.78, 5) is 11.6. The van der Waals surface area contributed by atoms with E-state index in [0.29, 0.717) is 6.54 Å². The first kappa shape index (κ1) is 10.5. The summed E-state index contributed by atoms with van der Waals surface area (Å²) in [6, 6.07) is 0. The molecule has 1 unspecified atom stereocenters. The molecule has 1 rings (SSSR count). The first-order chi connectivity index (χ1) is 6.08. The topological polar surface area (TPSA) is 49.3 Å². The second-order valence-corrected chi connectivity index (χ2v) is 4.45. The lowest BCUT2D eigenvalue weighted by Gasteiger charge is -2.25. The number of nitrogens with one attached hydrogen (secondary N) is 1. The highest BCUT2D eigenvalue weighted by atomic mass is 16.3. The minimum Gasteiger partial charge on any atom is -0.395 e. The SMILES string of the molecule is CC1(C)CCCC1C(=O)NCCO. The molecule has 0 saturated heterocycles. The highest BCUT2D eigenvalue weighted by Crippen LogP contribution is 2.42. The molecular formula is C10H19NO2. The van der Waals surface area contributed by atoms with Crippen LogP contribution in [-0.2, 0) is 4.79 Å². The Balaban J connectivity index is 2.46. The monoisotopic (exact) mass is 185 g/mol. The number of hydrogen-bond acceptors (Lipinski definition) is 2. The Bertz CT molecular complexity index is 189. The smallest absolute Gasteiger partial charge is 0.223 e. The summed E-state index contributed by atoms with van der Waals surface area (Å²) in [5.41, 5.74) is 0.138. The van der Waals surface area contributed by atoms with Crippen LogP contribution in [0.3, 0.4) is 0 Å². The Hall–Kier alpha value is -0.570. The second-order valence-electron chi connectivity index (χ2n) is 4.45. The van der Waals surface area contributed by atoms with E-state index in [-0.39, 0.29) is 23.8 Å². The van der Waals surface area contributed by atoms with Gasteiger partial charge in [0.05, 0.1) is 6.61 Å². The van der Waals surface area contributed by atoms with Crippen molar-refractivity contribution in [3.63, 3.8) is 0 Å². The lowest BCUT2D eigenvalue weighted by Crippen LogP contribution is -2.37. The van der Waals surface area contributed by atoms with Crippen molar-refractivity contribution >= 4 is 5.91 Å². The summed E-state index contributed by atoms with van der Waals surface area (Å²) < 4.78 is 0. The van der Waals surface area contributed by atoms with Gasteiger partial charge in [-0.2, -0.15) is 0 Å².